The lowest BCUT2D eigenvalue weighted by atomic mass is 10.3. The number of hydrogen-bond acceptors (Lipinski definition) is 5. The normalized spacial score (nSPS) is 11.6. The van der Waals surface area contributed by atoms with Gasteiger partial charge in [-0.05, 0) is 44.7 Å². The van der Waals surface area contributed by atoms with Crippen molar-refractivity contribution >= 4 is 27.5 Å². The minimum atomic E-state index is -3.76. The van der Waals surface area contributed by atoms with E-state index in [2.05, 4.69) is 10.6 Å². The van der Waals surface area contributed by atoms with Gasteiger partial charge < -0.3 is 10.6 Å². The van der Waals surface area contributed by atoms with Gasteiger partial charge in [-0.2, -0.15) is 0 Å². The van der Waals surface area contributed by atoms with E-state index in [-0.39, 0.29) is 35.8 Å². The van der Waals surface area contributed by atoms with Crippen LogP contribution in [0.25, 0.3) is 0 Å². The molecule has 2 amide bonds. The van der Waals surface area contributed by atoms with Gasteiger partial charge in [0.25, 0.3) is 0 Å². The highest BCUT2D eigenvalue weighted by Gasteiger charge is 2.14. The van der Waals surface area contributed by atoms with Crippen LogP contribution >= 0.6 is 0 Å². The van der Waals surface area contributed by atoms with E-state index in [1.807, 2.05) is 20.8 Å². The highest BCUT2D eigenvalue weighted by atomic mass is 32.2. The number of sulfonamides is 1. The Morgan fingerprint density at radius 2 is 1.67 bits per heavy atom. The van der Waals surface area contributed by atoms with Gasteiger partial charge in [0.2, 0.25) is 21.8 Å². The van der Waals surface area contributed by atoms with Gasteiger partial charge >= 0.3 is 0 Å². The number of anilines is 1. The van der Waals surface area contributed by atoms with E-state index in [0.717, 1.165) is 0 Å². The van der Waals surface area contributed by atoms with E-state index in [4.69, 9.17) is 5.14 Å². The second-order valence-electron chi connectivity index (χ2n) is 5.64. The predicted molar refractivity (Wildman–Crippen MR) is 91.8 cm³/mol. The second kappa shape index (κ2) is 8.76. The molecule has 1 aromatic carbocycles. The highest BCUT2D eigenvalue weighted by Crippen LogP contribution is 2.12. The third kappa shape index (κ3) is 7.07. The lowest BCUT2D eigenvalue weighted by Gasteiger charge is -2.20. The van der Waals surface area contributed by atoms with Gasteiger partial charge in [0, 0.05) is 11.7 Å². The summed E-state index contributed by atoms with van der Waals surface area (Å²) in [4.78, 5) is 25.5. The molecule has 0 heterocycles. The summed E-state index contributed by atoms with van der Waals surface area (Å²) in [5, 5.41) is 10.4. The highest BCUT2D eigenvalue weighted by molar-refractivity contribution is 7.89. The molecular formula is C15H24N4O4S. The SMILES string of the molecule is CCN(CC(=O)Nc1ccc(S(N)(=O)=O)cc1)CC(=O)NC(C)C. The molecule has 0 radical (unpaired) electrons. The predicted octanol–water partition coefficient (Wildman–Crippen LogP) is 0.119. The molecule has 1 rings (SSSR count). The first-order chi connectivity index (χ1) is 11.1. The van der Waals surface area contributed by atoms with Gasteiger partial charge in [0.15, 0.2) is 0 Å². The molecule has 0 aliphatic heterocycles. The zero-order chi connectivity index (χ0) is 18.3. The zero-order valence-electron chi connectivity index (χ0n) is 14.1. The number of nitrogens with two attached hydrogens (primary N) is 1. The monoisotopic (exact) mass is 356 g/mol. The fourth-order valence-electron chi connectivity index (χ4n) is 1.98. The minimum Gasteiger partial charge on any atom is -0.353 e. The maximum absolute atomic E-state index is 12.0. The van der Waals surface area contributed by atoms with Crippen LogP contribution in [-0.4, -0.2) is 50.8 Å². The van der Waals surface area contributed by atoms with Crippen molar-refractivity contribution < 1.29 is 18.0 Å². The molecule has 4 N–H and O–H groups in total. The molecule has 24 heavy (non-hydrogen) atoms. The second-order valence-corrected chi connectivity index (χ2v) is 7.20. The van der Waals surface area contributed by atoms with Crippen LogP contribution in [0.2, 0.25) is 0 Å². The van der Waals surface area contributed by atoms with Crippen LogP contribution in [0.4, 0.5) is 5.69 Å². The third-order valence-electron chi connectivity index (χ3n) is 3.10. The smallest absolute Gasteiger partial charge is 0.238 e. The van der Waals surface area contributed by atoms with Crippen molar-refractivity contribution in [3.05, 3.63) is 24.3 Å². The Morgan fingerprint density at radius 3 is 2.12 bits per heavy atom. The summed E-state index contributed by atoms with van der Waals surface area (Å²) in [6.07, 6.45) is 0. The summed E-state index contributed by atoms with van der Waals surface area (Å²) in [6.45, 7) is 6.32. The molecule has 0 unspecified atom stereocenters. The number of carbonyl (C=O) groups excluding carboxylic acids is 2. The molecule has 0 aromatic heterocycles. The molecule has 1 aromatic rings. The molecule has 0 saturated heterocycles. The van der Waals surface area contributed by atoms with Gasteiger partial charge in [-0.15, -0.1) is 0 Å². The minimum absolute atomic E-state index is 0.0268. The standard InChI is InChI=1S/C15H24N4O4S/c1-4-19(9-14(20)17-11(2)3)10-15(21)18-12-5-7-13(8-6-12)24(16,22)23/h5-8,11H,4,9-10H2,1-3H3,(H,17,20)(H,18,21)(H2,16,22,23). The fourth-order valence-corrected chi connectivity index (χ4v) is 2.50. The molecule has 8 nitrogen and oxygen atoms in total. The van der Waals surface area contributed by atoms with Crippen LogP contribution in [0.15, 0.2) is 29.2 Å². The third-order valence-corrected chi connectivity index (χ3v) is 4.03. The van der Waals surface area contributed by atoms with E-state index >= 15 is 0 Å². The number of nitrogens with one attached hydrogen (secondary N) is 2. The van der Waals surface area contributed by atoms with Crippen LogP contribution in [0.5, 0.6) is 0 Å². The van der Waals surface area contributed by atoms with Crippen molar-refractivity contribution in [2.45, 2.75) is 31.7 Å². The van der Waals surface area contributed by atoms with Crippen LogP contribution in [0.3, 0.4) is 0 Å². The van der Waals surface area contributed by atoms with E-state index < -0.39 is 10.0 Å². The summed E-state index contributed by atoms with van der Waals surface area (Å²) in [5.41, 5.74) is 0.454. The van der Waals surface area contributed by atoms with E-state index in [9.17, 15) is 18.0 Å². The zero-order valence-corrected chi connectivity index (χ0v) is 14.9. The number of primary sulfonamides is 1. The summed E-state index contributed by atoms with van der Waals surface area (Å²) >= 11 is 0. The summed E-state index contributed by atoms with van der Waals surface area (Å²) in [5.74, 6) is -0.435. The van der Waals surface area contributed by atoms with E-state index in [0.29, 0.717) is 12.2 Å². The molecule has 0 aliphatic carbocycles. The topological polar surface area (TPSA) is 122 Å². The molecule has 0 atom stereocenters. The Kier molecular flexibility index (Phi) is 7.33. The van der Waals surface area contributed by atoms with Crippen LogP contribution in [-0.2, 0) is 19.6 Å². The van der Waals surface area contributed by atoms with Gasteiger partial charge in [0.05, 0.1) is 18.0 Å². The van der Waals surface area contributed by atoms with Crippen LogP contribution < -0.4 is 15.8 Å². The Bertz CT molecular complexity index is 671. The fraction of sp³-hybridized carbons (Fsp3) is 0.467. The van der Waals surface area contributed by atoms with Crippen LogP contribution in [0, 0.1) is 0 Å². The van der Waals surface area contributed by atoms with Gasteiger partial charge in [-0.3, -0.25) is 14.5 Å². The van der Waals surface area contributed by atoms with Crippen molar-refractivity contribution in [1.82, 2.24) is 10.2 Å². The van der Waals surface area contributed by atoms with Crippen LogP contribution in [0.1, 0.15) is 20.8 Å². The van der Waals surface area contributed by atoms with Gasteiger partial charge in [-0.1, -0.05) is 6.92 Å². The Labute approximate surface area is 142 Å². The summed E-state index contributed by atoms with van der Waals surface area (Å²) in [6, 6.07) is 5.60. The molecule has 0 spiro atoms. The largest absolute Gasteiger partial charge is 0.353 e. The molecular weight excluding hydrogens is 332 g/mol. The van der Waals surface area contributed by atoms with Crippen molar-refractivity contribution in [2.24, 2.45) is 5.14 Å². The lowest BCUT2D eigenvalue weighted by molar-refractivity contribution is -0.123. The number of carbonyl (C=O) groups is 2. The quantitative estimate of drug-likeness (QED) is 0.611. The molecule has 0 bridgehead atoms. The molecule has 0 fully saturated rings. The molecule has 0 aliphatic rings. The van der Waals surface area contributed by atoms with Crippen molar-refractivity contribution in [2.75, 3.05) is 25.0 Å². The number of benzene rings is 1. The maximum Gasteiger partial charge on any atom is 0.238 e. The van der Waals surface area contributed by atoms with E-state index in [1.165, 1.54) is 24.3 Å². The number of rotatable bonds is 8. The van der Waals surface area contributed by atoms with Crippen molar-refractivity contribution in [3.63, 3.8) is 0 Å². The first-order valence-electron chi connectivity index (χ1n) is 7.56. The first kappa shape index (κ1) is 20.1. The van der Waals surface area contributed by atoms with E-state index in [1.54, 1.807) is 4.90 Å². The lowest BCUT2D eigenvalue weighted by Crippen LogP contribution is -2.42. The number of amides is 2. The van der Waals surface area contributed by atoms with Gasteiger partial charge in [0.1, 0.15) is 0 Å². The average molecular weight is 356 g/mol. The number of nitrogens with zero attached hydrogens (tertiary/aromatic N) is 1. The maximum atomic E-state index is 12.0. The number of likely N-dealkylation sites (N-methyl/N-ethyl adjacent to an activating group) is 1. The Hall–Kier alpha value is -1.97. The average Bonchev–Trinajstić information content (AvgIpc) is 2.45. The Morgan fingerprint density at radius 1 is 1.12 bits per heavy atom. The Balaban J connectivity index is 2.59. The summed E-state index contributed by atoms with van der Waals surface area (Å²) in [7, 11) is -3.76. The van der Waals surface area contributed by atoms with Gasteiger partial charge in [-0.25, -0.2) is 13.6 Å². The molecule has 9 heteroatoms. The van der Waals surface area contributed by atoms with Crippen molar-refractivity contribution in [1.29, 1.82) is 0 Å². The first-order valence-corrected chi connectivity index (χ1v) is 9.11. The summed E-state index contributed by atoms with van der Waals surface area (Å²) < 4.78 is 22.4. The molecule has 0 saturated carbocycles. The molecule has 134 valence electrons. The van der Waals surface area contributed by atoms with Crippen molar-refractivity contribution in [3.8, 4) is 0 Å². The number of hydrogen-bond donors (Lipinski definition) is 3.